The molecule has 1 N–H and O–H groups in total. The zero-order valence-corrected chi connectivity index (χ0v) is 16.8. The third kappa shape index (κ3) is 4.81. The summed E-state index contributed by atoms with van der Waals surface area (Å²) in [7, 11) is 1.26. The highest BCUT2D eigenvalue weighted by Gasteiger charge is 2.41. The van der Waals surface area contributed by atoms with Gasteiger partial charge in [-0.15, -0.1) is 0 Å². The number of nitrogens with zero attached hydrogens (tertiary/aromatic N) is 1. The molecule has 4 unspecified atom stereocenters. The number of esters is 1. The van der Waals surface area contributed by atoms with Gasteiger partial charge in [0.1, 0.15) is 0 Å². The first-order valence-corrected chi connectivity index (χ1v) is 10.0. The number of likely N-dealkylation sites (tertiary alicyclic amines) is 1. The number of fused-ring (bicyclic) bond motifs is 1. The number of carbonyl (C=O) groups excluding carboxylic acids is 3. The maximum absolute atomic E-state index is 12.0. The third-order valence-corrected chi connectivity index (χ3v) is 5.90. The molecule has 1 aromatic rings. The molecule has 0 aromatic heterocycles. The number of methoxy groups -OCH3 is 1. The second-order valence-electron chi connectivity index (χ2n) is 7.67. The van der Waals surface area contributed by atoms with E-state index in [1.807, 2.05) is 6.07 Å². The van der Waals surface area contributed by atoms with E-state index in [1.54, 1.807) is 25.1 Å². The van der Waals surface area contributed by atoms with Crippen LogP contribution in [0.5, 0.6) is 0 Å². The molecule has 8 nitrogen and oxygen atoms in total. The van der Waals surface area contributed by atoms with Gasteiger partial charge in [0.15, 0.2) is 0 Å². The number of piperidine rings is 1. The summed E-state index contributed by atoms with van der Waals surface area (Å²) in [5, 5.41) is 15.0. The molecule has 29 heavy (non-hydrogen) atoms. The van der Waals surface area contributed by atoms with Crippen molar-refractivity contribution in [2.24, 2.45) is 11.8 Å². The lowest BCUT2D eigenvalue weighted by atomic mass is 9.71. The summed E-state index contributed by atoms with van der Waals surface area (Å²) in [5.74, 6) is -1.18. The molecule has 2 fully saturated rings. The number of carbonyl (C=O) groups is 3. The van der Waals surface area contributed by atoms with Crippen LogP contribution in [0.25, 0.3) is 0 Å². The van der Waals surface area contributed by atoms with Gasteiger partial charge in [0, 0.05) is 18.3 Å². The average molecular weight is 403 g/mol. The first kappa shape index (κ1) is 21.0. The molecular formula is C21H27N2O6-. The van der Waals surface area contributed by atoms with Crippen LogP contribution in [0.4, 0.5) is 10.5 Å². The number of rotatable bonds is 5. The van der Waals surface area contributed by atoms with Gasteiger partial charge in [-0.25, -0.2) is 9.59 Å². The van der Waals surface area contributed by atoms with Crippen LogP contribution in [-0.4, -0.2) is 55.3 Å². The Bertz CT molecular complexity index is 767. The number of aliphatic carboxylic acids is 1. The Kier molecular flexibility index (Phi) is 6.61. The first-order chi connectivity index (χ1) is 13.9. The predicted octanol–water partition coefficient (Wildman–Crippen LogP) is 1.65. The van der Waals surface area contributed by atoms with Crippen molar-refractivity contribution in [3.63, 3.8) is 0 Å². The molecule has 1 amide bonds. The number of anilines is 1. The minimum absolute atomic E-state index is 0.167. The van der Waals surface area contributed by atoms with Crippen molar-refractivity contribution in [2.75, 3.05) is 25.6 Å². The molecule has 0 bridgehead atoms. The highest BCUT2D eigenvalue weighted by atomic mass is 16.5. The first-order valence-electron chi connectivity index (χ1n) is 10.0. The fourth-order valence-corrected chi connectivity index (χ4v) is 4.51. The zero-order valence-electron chi connectivity index (χ0n) is 16.8. The summed E-state index contributed by atoms with van der Waals surface area (Å²) in [4.78, 5) is 36.7. The van der Waals surface area contributed by atoms with Crippen molar-refractivity contribution in [1.29, 1.82) is 0 Å². The monoisotopic (exact) mass is 403 g/mol. The third-order valence-electron chi connectivity index (χ3n) is 5.90. The number of carboxylic acid groups (broad SMARTS) is 1. The molecule has 3 rings (SSSR count). The van der Waals surface area contributed by atoms with Gasteiger partial charge in [-0.2, -0.15) is 0 Å². The number of carboxylic acids is 1. The molecule has 1 aromatic carbocycles. The quantitative estimate of drug-likeness (QED) is 0.745. The summed E-state index contributed by atoms with van der Waals surface area (Å²) in [5.41, 5.74) is 1.33. The lowest BCUT2D eigenvalue weighted by Crippen LogP contribution is -2.58. The Morgan fingerprint density at radius 3 is 2.69 bits per heavy atom. The van der Waals surface area contributed by atoms with Crippen molar-refractivity contribution < 1.29 is 29.0 Å². The van der Waals surface area contributed by atoms with E-state index >= 15 is 0 Å². The van der Waals surface area contributed by atoms with Gasteiger partial charge in [-0.05, 0) is 62.6 Å². The van der Waals surface area contributed by atoms with Crippen LogP contribution in [0.15, 0.2) is 24.3 Å². The molecule has 8 heteroatoms. The molecule has 0 spiro atoms. The van der Waals surface area contributed by atoms with E-state index in [4.69, 9.17) is 9.47 Å². The van der Waals surface area contributed by atoms with Crippen LogP contribution in [0.2, 0.25) is 0 Å². The summed E-state index contributed by atoms with van der Waals surface area (Å²) in [6, 6.07) is 6.40. The standard InChI is InChI=1S/C21H28N2O6/c1-3-29-20(26)13-5-4-6-16(9-13)22-17-8-7-14-12-23(21(27)28-2)18(19(24)25)11-15(14)10-17/h4-6,9,14-15,17-18,22H,3,7-8,10-12H2,1-2H3,(H,24,25)/p-1. The van der Waals surface area contributed by atoms with Gasteiger partial charge in [0.2, 0.25) is 0 Å². The van der Waals surface area contributed by atoms with Gasteiger partial charge in [-0.3, -0.25) is 4.90 Å². The fourth-order valence-electron chi connectivity index (χ4n) is 4.51. The van der Waals surface area contributed by atoms with Crippen LogP contribution < -0.4 is 10.4 Å². The van der Waals surface area contributed by atoms with Crippen molar-refractivity contribution >= 4 is 23.7 Å². The number of benzene rings is 1. The van der Waals surface area contributed by atoms with E-state index in [0.717, 1.165) is 24.9 Å². The lowest BCUT2D eigenvalue weighted by molar-refractivity contribution is -0.312. The molecule has 1 saturated carbocycles. The predicted molar refractivity (Wildman–Crippen MR) is 103 cm³/mol. The van der Waals surface area contributed by atoms with E-state index in [0.29, 0.717) is 25.1 Å². The Labute approximate surface area is 170 Å². The highest BCUT2D eigenvalue weighted by Crippen LogP contribution is 2.39. The molecule has 0 radical (unpaired) electrons. The minimum atomic E-state index is -1.24. The maximum Gasteiger partial charge on any atom is 0.410 e. The molecule has 158 valence electrons. The molecule has 1 heterocycles. The van der Waals surface area contributed by atoms with Crippen molar-refractivity contribution in [3.8, 4) is 0 Å². The van der Waals surface area contributed by atoms with Gasteiger partial charge in [0.25, 0.3) is 0 Å². The lowest BCUT2D eigenvalue weighted by Gasteiger charge is -2.47. The molecule has 1 saturated heterocycles. The topological polar surface area (TPSA) is 108 Å². The average Bonchev–Trinajstić information content (AvgIpc) is 2.72. The van der Waals surface area contributed by atoms with Gasteiger partial charge < -0.3 is 24.7 Å². The van der Waals surface area contributed by atoms with Crippen LogP contribution in [0.3, 0.4) is 0 Å². The summed E-state index contributed by atoms with van der Waals surface area (Å²) in [6.07, 6.45) is 2.33. The van der Waals surface area contributed by atoms with Gasteiger partial charge >= 0.3 is 12.1 Å². The summed E-state index contributed by atoms with van der Waals surface area (Å²) in [6.45, 7) is 2.47. The largest absolute Gasteiger partial charge is 0.548 e. The van der Waals surface area contributed by atoms with E-state index in [-0.39, 0.29) is 23.8 Å². The maximum atomic E-state index is 12.0. The SMILES string of the molecule is CCOC(=O)c1cccc(NC2CCC3CN(C(=O)OC)C(C(=O)[O-])CC3C2)c1. The second-order valence-corrected chi connectivity index (χ2v) is 7.67. The van der Waals surface area contributed by atoms with Crippen molar-refractivity contribution in [2.45, 2.75) is 44.7 Å². The van der Waals surface area contributed by atoms with Crippen LogP contribution >= 0.6 is 0 Å². The second kappa shape index (κ2) is 9.15. The Balaban J connectivity index is 1.65. The number of ether oxygens (including phenoxy) is 2. The van der Waals surface area contributed by atoms with Gasteiger partial charge in [-0.1, -0.05) is 6.07 Å². The minimum Gasteiger partial charge on any atom is -0.548 e. The van der Waals surface area contributed by atoms with Crippen molar-refractivity contribution in [1.82, 2.24) is 4.90 Å². The fraction of sp³-hybridized carbons (Fsp3) is 0.571. The molecule has 4 atom stereocenters. The summed E-state index contributed by atoms with van der Waals surface area (Å²) < 4.78 is 9.79. The number of hydrogen-bond donors (Lipinski definition) is 1. The highest BCUT2D eigenvalue weighted by molar-refractivity contribution is 5.90. The number of hydrogen-bond acceptors (Lipinski definition) is 7. The Morgan fingerprint density at radius 2 is 2.00 bits per heavy atom. The molecule has 1 aliphatic carbocycles. The van der Waals surface area contributed by atoms with Crippen LogP contribution in [0.1, 0.15) is 43.0 Å². The van der Waals surface area contributed by atoms with E-state index in [9.17, 15) is 19.5 Å². The van der Waals surface area contributed by atoms with Crippen LogP contribution in [0, 0.1) is 11.8 Å². The zero-order chi connectivity index (χ0) is 21.0. The number of amides is 1. The summed E-state index contributed by atoms with van der Waals surface area (Å²) >= 11 is 0. The van der Waals surface area contributed by atoms with Gasteiger partial charge in [0.05, 0.1) is 31.3 Å². The Hall–Kier alpha value is -2.77. The number of nitrogens with one attached hydrogen (secondary N) is 1. The molecule has 2 aliphatic rings. The molecule has 1 aliphatic heterocycles. The smallest absolute Gasteiger partial charge is 0.410 e. The van der Waals surface area contributed by atoms with E-state index in [1.165, 1.54) is 12.0 Å². The Morgan fingerprint density at radius 1 is 1.21 bits per heavy atom. The van der Waals surface area contributed by atoms with Crippen LogP contribution in [-0.2, 0) is 14.3 Å². The molecular weight excluding hydrogens is 376 g/mol. The van der Waals surface area contributed by atoms with Crippen molar-refractivity contribution in [3.05, 3.63) is 29.8 Å². The van der Waals surface area contributed by atoms with E-state index in [2.05, 4.69) is 5.32 Å². The van der Waals surface area contributed by atoms with E-state index < -0.39 is 18.1 Å². The normalized spacial score (nSPS) is 26.2.